The first-order valence-corrected chi connectivity index (χ1v) is 18.3. The molecule has 0 saturated carbocycles. The average molecular weight is 646 g/mol. The van der Waals surface area contributed by atoms with Gasteiger partial charge in [0.1, 0.15) is 11.5 Å². The molecule has 0 amide bonds. The Balaban J connectivity index is 1.10. The summed E-state index contributed by atoms with van der Waals surface area (Å²) in [5, 5.41) is 0.848. The monoisotopic (exact) mass is 645 g/mol. The van der Waals surface area contributed by atoms with Gasteiger partial charge in [-0.25, -0.2) is 12.4 Å². The van der Waals surface area contributed by atoms with Crippen molar-refractivity contribution in [1.82, 2.24) is 3.97 Å². The van der Waals surface area contributed by atoms with Crippen molar-refractivity contribution in [2.45, 2.75) is 95.0 Å². The van der Waals surface area contributed by atoms with Gasteiger partial charge in [-0.05, 0) is 67.3 Å². The Labute approximate surface area is 276 Å². The number of benzene rings is 3. The molecule has 4 rings (SSSR count). The molecule has 4 aromatic rings. The molecule has 0 radical (unpaired) electrons. The number of fused-ring (bicyclic) bond motifs is 1. The van der Waals surface area contributed by atoms with Crippen LogP contribution in [0.1, 0.15) is 94.6 Å². The summed E-state index contributed by atoms with van der Waals surface area (Å²) in [5.41, 5.74) is 2.74. The normalized spacial score (nSPS) is 11.9. The fraction of sp³-hybridized carbons (Fsp3) is 0.436. The molecule has 248 valence electrons. The summed E-state index contributed by atoms with van der Waals surface area (Å²) in [6, 6.07) is 22.4. The second kappa shape index (κ2) is 19.2. The lowest BCUT2D eigenvalue weighted by Crippen LogP contribution is -2.11. The van der Waals surface area contributed by atoms with Gasteiger partial charge >= 0.3 is 0 Å². The highest BCUT2D eigenvalue weighted by Crippen LogP contribution is 2.31. The molecule has 0 fully saturated rings. The summed E-state index contributed by atoms with van der Waals surface area (Å²) in [7, 11) is -0.596. The first-order chi connectivity index (χ1) is 22.5. The number of nitrogens with zero attached hydrogens (tertiary/aromatic N) is 1. The van der Waals surface area contributed by atoms with Crippen LogP contribution in [0.4, 0.5) is 0 Å². The van der Waals surface area contributed by atoms with Crippen molar-refractivity contribution >= 4 is 27.0 Å². The first-order valence-electron chi connectivity index (χ1n) is 16.9. The summed E-state index contributed by atoms with van der Waals surface area (Å²) >= 11 is 0. The van der Waals surface area contributed by atoms with Crippen LogP contribution in [0.2, 0.25) is 0 Å². The lowest BCUT2D eigenvalue weighted by molar-refractivity contribution is 0.116. The van der Waals surface area contributed by atoms with Gasteiger partial charge in [-0.3, -0.25) is 0 Å². The third kappa shape index (κ3) is 10.8. The van der Waals surface area contributed by atoms with Crippen LogP contribution in [0.25, 0.3) is 17.0 Å². The molecule has 6 nitrogen and oxygen atoms in total. The van der Waals surface area contributed by atoms with Crippen LogP contribution in [0.5, 0.6) is 11.5 Å². The molecule has 0 N–H and O–H groups in total. The van der Waals surface area contributed by atoms with E-state index in [2.05, 4.69) is 30.3 Å². The van der Waals surface area contributed by atoms with Crippen LogP contribution in [0, 0.1) is 0 Å². The van der Waals surface area contributed by atoms with Gasteiger partial charge in [0.15, 0.2) is 0 Å². The predicted molar refractivity (Wildman–Crippen MR) is 189 cm³/mol. The minimum Gasteiger partial charge on any atom is -0.497 e. The molecule has 3 aromatic carbocycles. The van der Waals surface area contributed by atoms with Gasteiger partial charge in [-0.2, -0.15) is 0 Å². The van der Waals surface area contributed by atoms with Crippen molar-refractivity contribution in [2.75, 3.05) is 20.8 Å². The molecular weight excluding hydrogens is 594 g/mol. The van der Waals surface area contributed by atoms with Gasteiger partial charge in [0.2, 0.25) is 0 Å². The number of rotatable bonds is 22. The zero-order valence-electron chi connectivity index (χ0n) is 27.7. The van der Waals surface area contributed by atoms with Gasteiger partial charge in [0, 0.05) is 23.8 Å². The van der Waals surface area contributed by atoms with Gasteiger partial charge in [-0.15, -0.1) is 0 Å². The standard InChI is InChI=1S/C39H51NO5S/c1-43-35-23-26-37(27-24-35)46(41,42)40-31-34(38-30-36(44-2)25-28-39(38)40)22-18-13-11-9-7-5-3-4-6-8-10-12-14-19-29-45-32-33-20-16-15-17-21-33/h15-18,20-28,30-31H,3-14,19,29,32H2,1-2H3/b22-18-. The van der Waals surface area contributed by atoms with Crippen molar-refractivity contribution in [3.05, 3.63) is 96.2 Å². The lowest BCUT2D eigenvalue weighted by atomic mass is 10.0. The average Bonchev–Trinajstić information content (AvgIpc) is 3.46. The summed E-state index contributed by atoms with van der Waals surface area (Å²) in [4.78, 5) is 0.216. The maximum absolute atomic E-state index is 13.5. The lowest BCUT2D eigenvalue weighted by Gasteiger charge is -2.08. The maximum atomic E-state index is 13.5. The first kappa shape index (κ1) is 35.3. The van der Waals surface area contributed by atoms with E-state index in [1.165, 1.54) is 73.7 Å². The van der Waals surface area contributed by atoms with E-state index in [9.17, 15) is 8.42 Å². The van der Waals surface area contributed by atoms with Crippen molar-refractivity contribution in [1.29, 1.82) is 0 Å². The smallest absolute Gasteiger partial charge is 0.268 e. The topological polar surface area (TPSA) is 66.8 Å². The van der Waals surface area contributed by atoms with E-state index in [1.807, 2.05) is 18.2 Å². The Morgan fingerprint density at radius 1 is 0.674 bits per heavy atom. The zero-order chi connectivity index (χ0) is 32.5. The Bertz CT molecular complexity index is 1580. The predicted octanol–water partition coefficient (Wildman–Crippen LogP) is 10.2. The molecule has 1 heterocycles. The molecule has 0 unspecified atom stereocenters. The number of ether oxygens (including phenoxy) is 3. The third-order valence-corrected chi connectivity index (χ3v) is 10.1. The number of hydrogen-bond donors (Lipinski definition) is 0. The van der Waals surface area contributed by atoms with E-state index >= 15 is 0 Å². The van der Waals surface area contributed by atoms with Crippen molar-refractivity contribution < 1.29 is 22.6 Å². The van der Waals surface area contributed by atoms with E-state index in [0.717, 1.165) is 43.4 Å². The van der Waals surface area contributed by atoms with Gasteiger partial charge in [0.25, 0.3) is 10.0 Å². The number of aromatic nitrogens is 1. The molecule has 7 heteroatoms. The minimum atomic E-state index is -3.78. The van der Waals surface area contributed by atoms with Crippen LogP contribution in [-0.2, 0) is 21.4 Å². The SMILES string of the molecule is COc1ccc(S(=O)(=O)n2cc(/C=C\CCCCCCCCCCCCCCOCc3ccccc3)c3cc(OC)ccc32)cc1. The Kier molecular flexibility index (Phi) is 14.7. The fourth-order valence-corrected chi connectivity index (χ4v) is 7.11. The highest BCUT2D eigenvalue weighted by Gasteiger charge is 2.21. The van der Waals surface area contributed by atoms with E-state index in [1.54, 1.807) is 56.8 Å². The number of hydrogen-bond acceptors (Lipinski definition) is 5. The molecule has 1 aromatic heterocycles. The largest absolute Gasteiger partial charge is 0.497 e. The molecule has 0 aliphatic heterocycles. The van der Waals surface area contributed by atoms with E-state index in [4.69, 9.17) is 14.2 Å². The number of methoxy groups -OCH3 is 2. The van der Waals surface area contributed by atoms with Crippen LogP contribution < -0.4 is 9.47 Å². The number of unbranched alkanes of at least 4 members (excludes halogenated alkanes) is 12. The molecule has 0 saturated heterocycles. The second-order valence-corrected chi connectivity index (χ2v) is 13.7. The third-order valence-electron chi connectivity index (χ3n) is 8.44. The van der Waals surface area contributed by atoms with Crippen LogP contribution >= 0.6 is 0 Å². The Hall–Kier alpha value is -3.55. The van der Waals surface area contributed by atoms with Gasteiger partial charge < -0.3 is 14.2 Å². The second-order valence-electron chi connectivity index (χ2n) is 11.9. The van der Waals surface area contributed by atoms with Crippen molar-refractivity contribution in [3.8, 4) is 11.5 Å². The van der Waals surface area contributed by atoms with Crippen LogP contribution in [-0.4, -0.2) is 33.2 Å². The minimum absolute atomic E-state index is 0.216. The molecule has 0 atom stereocenters. The molecule has 0 aliphatic carbocycles. The summed E-state index contributed by atoms with van der Waals surface area (Å²) < 4.78 is 44.9. The quantitative estimate of drug-likeness (QED) is 0.0796. The fourth-order valence-electron chi connectivity index (χ4n) is 5.73. The van der Waals surface area contributed by atoms with E-state index < -0.39 is 10.0 Å². The summed E-state index contributed by atoms with van der Waals surface area (Å²) in [5.74, 6) is 1.31. The Morgan fingerprint density at radius 3 is 1.89 bits per heavy atom. The molecule has 0 aliphatic rings. The van der Waals surface area contributed by atoms with Crippen LogP contribution in [0.3, 0.4) is 0 Å². The van der Waals surface area contributed by atoms with Gasteiger partial charge in [0.05, 0.1) is 31.2 Å². The molecular formula is C39H51NO5S. The highest BCUT2D eigenvalue weighted by atomic mass is 32.2. The Morgan fingerprint density at radius 2 is 1.26 bits per heavy atom. The molecule has 0 bridgehead atoms. The summed E-state index contributed by atoms with van der Waals surface area (Å²) in [6.07, 6.45) is 22.3. The summed E-state index contributed by atoms with van der Waals surface area (Å²) in [6.45, 7) is 1.58. The zero-order valence-corrected chi connectivity index (χ0v) is 28.5. The number of allylic oxidation sites excluding steroid dienone is 1. The molecule has 46 heavy (non-hydrogen) atoms. The van der Waals surface area contributed by atoms with Crippen molar-refractivity contribution in [2.24, 2.45) is 0 Å². The van der Waals surface area contributed by atoms with Crippen LogP contribution in [0.15, 0.2) is 90.0 Å². The van der Waals surface area contributed by atoms with Crippen molar-refractivity contribution in [3.63, 3.8) is 0 Å². The molecule has 0 spiro atoms. The highest BCUT2D eigenvalue weighted by molar-refractivity contribution is 7.90. The van der Waals surface area contributed by atoms with E-state index in [-0.39, 0.29) is 4.90 Å². The van der Waals surface area contributed by atoms with E-state index in [0.29, 0.717) is 17.0 Å². The van der Waals surface area contributed by atoms with Gasteiger partial charge in [-0.1, -0.05) is 107 Å². The maximum Gasteiger partial charge on any atom is 0.268 e.